The number of allylic oxidation sites excluding steroid dienone is 5. The summed E-state index contributed by atoms with van der Waals surface area (Å²) < 4.78 is 0. The molecule has 0 saturated heterocycles. The molecule has 1 nitrogen and oxygen atoms in total. The summed E-state index contributed by atoms with van der Waals surface area (Å²) in [6, 6.07) is 0. The molecule has 0 aromatic rings. The first-order valence-electron chi connectivity index (χ1n) is 3.04. The van der Waals surface area contributed by atoms with Gasteiger partial charge in [-0.05, 0) is 18.6 Å². The van der Waals surface area contributed by atoms with E-state index in [-0.39, 0.29) is 0 Å². The van der Waals surface area contributed by atoms with E-state index in [1.807, 2.05) is 31.2 Å². The predicted molar refractivity (Wildman–Crippen MR) is 45.3 cm³/mol. The molecule has 10 heavy (non-hydrogen) atoms. The lowest BCUT2D eigenvalue weighted by Gasteiger charge is -1.94. The zero-order valence-electron chi connectivity index (χ0n) is 5.71. The lowest BCUT2D eigenvalue weighted by atomic mass is 10.3. The molecule has 0 amide bonds. The highest BCUT2D eigenvalue weighted by Gasteiger charge is 1.91. The van der Waals surface area contributed by atoms with Gasteiger partial charge in [0.1, 0.15) is 5.16 Å². The quantitative estimate of drug-likeness (QED) is 0.475. The molecule has 1 aliphatic rings. The third-order valence-corrected chi connectivity index (χ3v) is 1.56. The van der Waals surface area contributed by atoms with Crippen LogP contribution >= 0.6 is 11.6 Å². The Morgan fingerprint density at radius 3 is 2.90 bits per heavy atom. The Morgan fingerprint density at radius 2 is 2.10 bits per heavy atom. The lowest BCUT2D eigenvalue weighted by molar-refractivity contribution is 1.39. The molecule has 0 aromatic carbocycles. The summed E-state index contributed by atoms with van der Waals surface area (Å²) in [5, 5.41) is 0.556. The van der Waals surface area contributed by atoms with Gasteiger partial charge in [-0.1, -0.05) is 29.8 Å². The van der Waals surface area contributed by atoms with Crippen molar-refractivity contribution in [1.29, 1.82) is 0 Å². The van der Waals surface area contributed by atoms with Crippen LogP contribution in [-0.2, 0) is 0 Å². The molecule has 1 aliphatic heterocycles. The fraction of sp³-hybridized carbons (Fsp3) is 0.125. The molecule has 52 valence electrons. The first-order valence-corrected chi connectivity index (χ1v) is 3.42. The Hall–Kier alpha value is -0.820. The first-order chi connectivity index (χ1) is 4.80. The fourth-order valence-corrected chi connectivity index (χ4v) is 0.712. The second-order valence-electron chi connectivity index (χ2n) is 2.00. The van der Waals surface area contributed by atoms with Crippen LogP contribution in [0.2, 0.25) is 0 Å². The van der Waals surface area contributed by atoms with Gasteiger partial charge in [-0.2, -0.15) is 0 Å². The Morgan fingerprint density at radius 1 is 1.30 bits per heavy atom. The molecular weight excluding hydrogens is 146 g/mol. The number of hydrogen-bond acceptors (Lipinski definition) is 1. The van der Waals surface area contributed by atoms with Crippen LogP contribution in [0.3, 0.4) is 0 Å². The van der Waals surface area contributed by atoms with Gasteiger partial charge in [-0.15, -0.1) is 0 Å². The van der Waals surface area contributed by atoms with Crippen molar-refractivity contribution in [2.45, 2.75) is 6.92 Å². The van der Waals surface area contributed by atoms with Crippen LogP contribution in [0, 0.1) is 0 Å². The van der Waals surface area contributed by atoms with Crippen LogP contribution < -0.4 is 0 Å². The highest BCUT2D eigenvalue weighted by Crippen LogP contribution is 2.12. The van der Waals surface area contributed by atoms with Gasteiger partial charge in [-0.3, -0.25) is 0 Å². The Balaban J connectivity index is 2.93. The van der Waals surface area contributed by atoms with Gasteiger partial charge in [0.2, 0.25) is 0 Å². The van der Waals surface area contributed by atoms with Gasteiger partial charge in [0.25, 0.3) is 0 Å². The minimum absolute atomic E-state index is 0.556. The van der Waals surface area contributed by atoms with E-state index < -0.39 is 0 Å². The van der Waals surface area contributed by atoms with Crippen LogP contribution in [0.25, 0.3) is 0 Å². The van der Waals surface area contributed by atoms with Crippen molar-refractivity contribution < 1.29 is 0 Å². The average molecular weight is 154 g/mol. The van der Waals surface area contributed by atoms with Crippen molar-refractivity contribution in [2.24, 2.45) is 4.99 Å². The minimum atomic E-state index is 0.556. The number of rotatable bonds is 0. The average Bonchev–Trinajstić information content (AvgIpc) is 1.92. The third kappa shape index (κ3) is 1.85. The first kappa shape index (κ1) is 7.29. The third-order valence-electron chi connectivity index (χ3n) is 1.17. The van der Waals surface area contributed by atoms with E-state index >= 15 is 0 Å². The molecule has 2 heteroatoms. The number of halogens is 1. The Kier molecular flexibility index (Phi) is 2.46. The molecule has 0 bridgehead atoms. The van der Waals surface area contributed by atoms with Crippen molar-refractivity contribution in [1.82, 2.24) is 0 Å². The molecule has 0 saturated carbocycles. The van der Waals surface area contributed by atoms with Gasteiger partial charge in [0.05, 0.1) is 0 Å². The summed E-state index contributed by atoms with van der Waals surface area (Å²) in [4.78, 5) is 3.95. The highest BCUT2D eigenvalue weighted by atomic mass is 35.5. The number of aliphatic imine (C=N–C) groups is 1. The van der Waals surface area contributed by atoms with Crippen molar-refractivity contribution in [3.8, 4) is 0 Å². The minimum Gasteiger partial charge on any atom is -0.244 e. The summed E-state index contributed by atoms with van der Waals surface area (Å²) in [6.07, 6.45) is 9.29. The van der Waals surface area contributed by atoms with Crippen molar-refractivity contribution in [3.05, 3.63) is 35.0 Å². The SMILES string of the molecule is CC1=C(Cl)/N=C/C=C/C=C\1. The van der Waals surface area contributed by atoms with E-state index in [0.29, 0.717) is 5.16 Å². The van der Waals surface area contributed by atoms with Gasteiger partial charge in [0, 0.05) is 6.21 Å². The lowest BCUT2D eigenvalue weighted by Crippen LogP contribution is -1.76. The molecule has 0 radical (unpaired) electrons. The largest absolute Gasteiger partial charge is 0.244 e. The normalized spacial score (nSPS) is 34.2. The van der Waals surface area contributed by atoms with E-state index in [1.54, 1.807) is 6.21 Å². The van der Waals surface area contributed by atoms with E-state index in [9.17, 15) is 0 Å². The maximum absolute atomic E-state index is 5.74. The Bertz CT molecular complexity index is 210. The number of nitrogens with zero attached hydrogens (tertiary/aromatic N) is 1. The van der Waals surface area contributed by atoms with E-state index in [4.69, 9.17) is 11.6 Å². The van der Waals surface area contributed by atoms with E-state index in [0.717, 1.165) is 5.57 Å². The summed E-state index contributed by atoms with van der Waals surface area (Å²) in [6.45, 7) is 1.93. The summed E-state index contributed by atoms with van der Waals surface area (Å²) >= 11 is 5.74. The molecule has 1 rings (SSSR count). The van der Waals surface area contributed by atoms with Crippen molar-refractivity contribution >= 4 is 17.8 Å². The monoisotopic (exact) mass is 153 g/mol. The second-order valence-corrected chi connectivity index (χ2v) is 2.35. The molecule has 0 fully saturated rings. The molecule has 1 heterocycles. The standard InChI is InChI=1S/C8H8ClN/c1-7-5-3-2-4-6-10-8(7)9/h2-6H,1H3/b3-2?,4-2+,5-3-,6-4?,7-5?,8-7-,10-6+,10-8?. The second kappa shape index (κ2) is 3.37. The fourth-order valence-electron chi connectivity index (χ4n) is 0.593. The van der Waals surface area contributed by atoms with Crippen LogP contribution in [0.4, 0.5) is 0 Å². The van der Waals surface area contributed by atoms with Crippen LogP contribution in [0.15, 0.2) is 40.0 Å². The van der Waals surface area contributed by atoms with Gasteiger partial charge >= 0.3 is 0 Å². The highest BCUT2D eigenvalue weighted by molar-refractivity contribution is 6.30. The van der Waals surface area contributed by atoms with E-state index in [2.05, 4.69) is 4.99 Å². The molecule has 0 unspecified atom stereocenters. The van der Waals surface area contributed by atoms with Crippen LogP contribution in [0.5, 0.6) is 0 Å². The topological polar surface area (TPSA) is 12.4 Å². The van der Waals surface area contributed by atoms with Crippen LogP contribution in [-0.4, -0.2) is 6.21 Å². The van der Waals surface area contributed by atoms with E-state index in [1.165, 1.54) is 0 Å². The van der Waals surface area contributed by atoms with Gasteiger partial charge in [-0.25, -0.2) is 4.99 Å². The molecule has 0 aromatic heterocycles. The maximum atomic E-state index is 5.74. The predicted octanol–water partition coefficient (Wildman–Crippen LogP) is 2.65. The smallest absolute Gasteiger partial charge is 0.131 e. The molecule has 0 spiro atoms. The molecule has 0 aliphatic carbocycles. The van der Waals surface area contributed by atoms with Crippen molar-refractivity contribution in [3.63, 3.8) is 0 Å². The maximum Gasteiger partial charge on any atom is 0.131 e. The Labute approximate surface area is 65.4 Å². The summed E-state index contributed by atoms with van der Waals surface area (Å²) in [5.41, 5.74) is 0.988. The van der Waals surface area contributed by atoms with Gasteiger partial charge in [0.15, 0.2) is 0 Å². The van der Waals surface area contributed by atoms with Crippen LogP contribution in [0.1, 0.15) is 6.92 Å². The summed E-state index contributed by atoms with van der Waals surface area (Å²) in [7, 11) is 0. The van der Waals surface area contributed by atoms with Crippen molar-refractivity contribution in [2.75, 3.05) is 0 Å². The molecular formula is C8H8ClN. The summed E-state index contributed by atoms with van der Waals surface area (Å²) in [5.74, 6) is 0. The number of hydrogen-bond donors (Lipinski definition) is 0. The molecule has 0 N–H and O–H groups in total. The zero-order chi connectivity index (χ0) is 7.40. The van der Waals surface area contributed by atoms with Gasteiger partial charge < -0.3 is 0 Å². The zero-order valence-corrected chi connectivity index (χ0v) is 6.47. The molecule has 0 atom stereocenters.